The second kappa shape index (κ2) is 7.60. The smallest absolute Gasteiger partial charge is 0.417 e. The molecule has 0 aliphatic rings. The first-order chi connectivity index (χ1) is 11.7. The van der Waals surface area contributed by atoms with Crippen LogP contribution in [0, 0.1) is 0 Å². The number of benzene rings is 1. The summed E-state index contributed by atoms with van der Waals surface area (Å²) >= 11 is 5.78. The van der Waals surface area contributed by atoms with Crippen molar-refractivity contribution >= 4 is 17.5 Å². The highest BCUT2D eigenvalue weighted by molar-refractivity contribution is 6.31. The minimum absolute atomic E-state index is 0.151. The summed E-state index contributed by atoms with van der Waals surface area (Å²) in [6.07, 6.45) is -4.57. The Morgan fingerprint density at radius 2 is 1.84 bits per heavy atom. The number of hydrogen-bond donors (Lipinski definition) is 1. The van der Waals surface area contributed by atoms with Gasteiger partial charge in [-0.3, -0.25) is 4.79 Å². The quantitative estimate of drug-likeness (QED) is 0.857. The molecule has 9 heteroatoms. The number of aromatic nitrogens is 1. The van der Waals surface area contributed by atoms with Crippen molar-refractivity contribution in [1.82, 2.24) is 10.3 Å². The van der Waals surface area contributed by atoms with Crippen molar-refractivity contribution in [3.63, 3.8) is 0 Å². The van der Waals surface area contributed by atoms with Gasteiger partial charge in [0.25, 0.3) is 5.91 Å². The standard InChI is InChI=1S/C16H14ClF3N2O3/c1-9(14(23)21-2)24-11-3-5-12(6-4-11)25-15-13(17)7-10(8-22-15)16(18,19)20/h3-9H,1-2H3,(H,21,23). The van der Waals surface area contributed by atoms with Crippen LogP contribution in [0.25, 0.3) is 0 Å². The number of ether oxygens (including phenoxy) is 2. The molecule has 1 aromatic carbocycles. The zero-order valence-electron chi connectivity index (χ0n) is 13.2. The molecule has 25 heavy (non-hydrogen) atoms. The van der Waals surface area contributed by atoms with Crippen molar-refractivity contribution in [2.45, 2.75) is 19.2 Å². The average molecular weight is 375 g/mol. The molecule has 5 nitrogen and oxygen atoms in total. The predicted molar refractivity (Wildman–Crippen MR) is 84.9 cm³/mol. The highest BCUT2D eigenvalue weighted by Gasteiger charge is 2.31. The molecule has 0 aliphatic carbocycles. The molecule has 2 aromatic rings. The number of hydrogen-bond acceptors (Lipinski definition) is 4. The van der Waals surface area contributed by atoms with Crippen LogP contribution in [0.5, 0.6) is 17.4 Å². The number of nitrogens with one attached hydrogen (secondary N) is 1. The number of pyridine rings is 1. The number of likely N-dealkylation sites (N-methyl/N-ethyl adjacent to an activating group) is 1. The van der Waals surface area contributed by atoms with E-state index in [0.29, 0.717) is 17.7 Å². The lowest BCUT2D eigenvalue weighted by Gasteiger charge is -2.14. The summed E-state index contributed by atoms with van der Waals surface area (Å²) in [5, 5.41) is 2.20. The zero-order chi connectivity index (χ0) is 18.6. The highest BCUT2D eigenvalue weighted by Crippen LogP contribution is 2.34. The number of alkyl halides is 3. The van der Waals surface area contributed by atoms with Crippen molar-refractivity contribution in [2.75, 3.05) is 7.05 Å². The molecule has 0 aliphatic heterocycles. The van der Waals surface area contributed by atoms with E-state index >= 15 is 0 Å². The lowest BCUT2D eigenvalue weighted by atomic mass is 10.3. The second-order valence-corrected chi connectivity index (χ2v) is 5.36. The number of nitrogens with zero attached hydrogens (tertiary/aromatic N) is 1. The fourth-order valence-corrected chi connectivity index (χ4v) is 2.02. The lowest BCUT2D eigenvalue weighted by Crippen LogP contribution is -2.33. The molecular formula is C16H14ClF3N2O3. The maximum absolute atomic E-state index is 12.6. The number of carbonyl (C=O) groups is 1. The lowest BCUT2D eigenvalue weighted by molar-refractivity contribution is -0.137. The van der Waals surface area contributed by atoms with Crippen molar-refractivity contribution in [1.29, 1.82) is 0 Å². The van der Waals surface area contributed by atoms with E-state index in [9.17, 15) is 18.0 Å². The number of halogens is 4. The van der Waals surface area contributed by atoms with Crippen LogP contribution in [0.15, 0.2) is 36.5 Å². The Morgan fingerprint density at radius 1 is 1.24 bits per heavy atom. The molecule has 1 heterocycles. The van der Waals surface area contributed by atoms with Gasteiger partial charge in [-0.15, -0.1) is 0 Å². The topological polar surface area (TPSA) is 60.5 Å². The first kappa shape index (κ1) is 18.9. The monoisotopic (exact) mass is 374 g/mol. The Balaban J connectivity index is 2.08. The molecule has 1 aromatic heterocycles. The summed E-state index contributed by atoms with van der Waals surface area (Å²) in [5.41, 5.74) is -0.961. The predicted octanol–water partition coefficient (Wildman–Crippen LogP) is 4.06. The van der Waals surface area contributed by atoms with Crippen LogP contribution in [0.4, 0.5) is 13.2 Å². The van der Waals surface area contributed by atoms with E-state index in [1.807, 2.05) is 0 Å². The highest BCUT2D eigenvalue weighted by atomic mass is 35.5. The van der Waals surface area contributed by atoms with Crippen molar-refractivity contribution < 1.29 is 27.4 Å². The van der Waals surface area contributed by atoms with Crippen LogP contribution in [0.1, 0.15) is 12.5 Å². The fraction of sp³-hybridized carbons (Fsp3) is 0.250. The van der Waals surface area contributed by atoms with E-state index < -0.39 is 17.8 Å². The van der Waals surface area contributed by atoms with E-state index in [1.54, 1.807) is 19.1 Å². The van der Waals surface area contributed by atoms with Gasteiger partial charge in [-0.05, 0) is 37.3 Å². The molecule has 1 N–H and O–H groups in total. The third-order valence-electron chi connectivity index (χ3n) is 3.10. The Morgan fingerprint density at radius 3 is 2.36 bits per heavy atom. The van der Waals surface area contributed by atoms with Gasteiger partial charge in [0, 0.05) is 13.2 Å². The third kappa shape index (κ3) is 4.99. The van der Waals surface area contributed by atoms with Crippen LogP contribution in [-0.4, -0.2) is 24.0 Å². The Hall–Kier alpha value is -2.48. The summed E-state index contributed by atoms with van der Waals surface area (Å²) in [6, 6.07) is 6.87. The zero-order valence-corrected chi connectivity index (χ0v) is 14.0. The first-order valence-electron chi connectivity index (χ1n) is 7.09. The van der Waals surface area contributed by atoms with Gasteiger partial charge >= 0.3 is 6.18 Å². The Labute approximate surface area is 146 Å². The van der Waals surface area contributed by atoms with Crippen LogP contribution in [0.2, 0.25) is 5.02 Å². The van der Waals surface area contributed by atoms with E-state index in [4.69, 9.17) is 21.1 Å². The van der Waals surface area contributed by atoms with Crippen LogP contribution in [0.3, 0.4) is 0 Å². The molecule has 1 amide bonds. The van der Waals surface area contributed by atoms with Crippen molar-refractivity contribution in [3.05, 3.63) is 47.1 Å². The van der Waals surface area contributed by atoms with Gasteiger partial charge in [-0.25, -0.2) is 4.98 Å². The molecule has 0 fully saturated rings. The molecule has 0 radical (unpaired) electrons. The number of rotatable bonds is 5. The maximum atomic E-state index is 12.6. The van der Waals surface area contributed by atoms with Crippen LogP contribution < -0.4 is 14.8 Å². The third-order valence-corrected chi connectivity index (χ3v) is 3.37. The van der Waals surface area contributed by atoms with Crippen LogP contribution in [-0.2, 0) is 11.0 Å². The first-order valence-corrected chi connectivity index (χ1v) is 7.47. The molecule has 0 bridgehead atoms. The fourth-order valence-electron chi connectivity index (χ4n) is 1.81. The van der Waals surface area contributed by atoms with Gasteiger partial charge in [0.15, 0.2) is 6.10 Å². The second-order valence-electron chi connectivity index (χ2n) is 4.96. The van der Waals surface area contributed by atoms with Gasteiger partial charge in [0.05, 0.1) is 5.56 Å². The van der Waals surface area contributed by atoms with Gasteiger partial charge in [0.2, 0.25) is 5.88 Å². The van der Waals surface area contributed by atoms with E-state index in [1.165, 1.54) is 19.2 Å². The molecule has 2 rings (SSSR count). The number of amides is 1. The molecule has 1 unspecified atom stereocenters. The number of carbonyl (C=O) groups excluding carboxylic acids is 1. The Kier molecular flexibility index (Phi) is 5.73. The SMILES string of the molecule is CNC(=O)C(C)Oc1ccc(Oc2ncc(C(F)(F)F)cc2Cl)cc1. The minimum Gasteiger partial charge on any atom is -0.481 e. The molecule has 0 spiro atoms. The molecule has 134 valence electrons. The minimum atomic E-state index is -4.53. The summed E-state index contributed by atoms with van der Waals surface area (Å²) < 4.78 is 48.5. The largest absolute Gasteiger partial charge is 0.481 e. The molecule has 1 atom stereocenters. The van der Waals surface area contributed by atoms with Gasteiger partial charge < -0.3 is 14.8 Å². The van der Waals surface area contributed by atoms with Crippen molar-refractivity contribution in [3.8, 4) is 17.4 Å². The summed E-state index contributed by atoms with van der Waals surface area (Å²) in [6.45, 7) is 1.59. The van der Waals surface area contributed by atoms with E-state index in [2.05, 4.69) is 10.3 Å². The Bertz CT molecular complexity index is 751. The van der Waals surface area contributed by atoms with Crippen molar-refractivity contribution in [2.24, 2.45) is 0 Å². The van der Waals surface area contributed by atoms with Gasteiger partial charge in [-0.1, -0.05) is 11.6 Å². The summed E-state index contributed by atoms with van der Waals surface area (Å²) in [4.78, 5) is 15.0. The van der Waals surface area contributed by atoms with E-state index in [-0.39, 0.29) is 16.8 Å². The molecule has 0 saturated heterocycles. The maximum Gasteiger partial charge on any atom is 0.417 e. The summed E-state index contributed by atoms with van der Waals surface area (Å²) in [5.74, 6) is 0.298. The van der Waals surface area contributed by atoms with Crippen LogP contribution >= 0.6 is 11.6 Å². The molecular weight excluding hydrogens is 361 g/mol. The van der Waals surface area contributed by atoms with E-state index in [0.717, 1.165) is 6.07 Å². The normalized spacial score (nSPS) is 12.4. The molecule has 0 saturated carbocycles. The van der Waals surface area contributed by atoms with Gasteiger partial charge in [-0.2, -0.15) is 13.2 Å². The summed E-state index contributed by atoms with van der Waals surface area (Å²) in [7, 11) is 1.50. The van der Waals surface area contributed by atoms with Gasteiger partial charge in [0.1, 0.15) is 16.5 Å². The average Bonchev–Trinajstić information content (AvgIpc) is 2.56.